The van der Waals surface area contributed by atoms with Crippen molar-refractivity contribution >= 4 is 17.4 Å². The van der Waals surface area contributed by atoms with Crippen molar-refractivity contribution in [1.82, 2.24) is 9.97 Å². The Hall–Kier alpha value is -1.72. The van der Waals surface area contributed by atoms with Crippen molar-refractivity contribution in [3.63, 3.8) is 0 Å². The van der Waals surface area contributed by atoms with E-state index >= 15 is 0 Å². The van der Waals surface area contributed by atoms with E-state index in [4.69, 9.17) is 17.4 Å². The van der Waals surface area contributed by atoms with Crippen LogP contribution in [0.2, 0.25) is 5.02 Å². The summed E-state index contributed by atoms with van der Waals surface area (Å²) in [5.74, 6) is 6.33. The third-order valence-corrected chi connectivity index (χ3v) is 3.87. The van der Waals surface area contributed by atoms with Crippen molar-refractivity contribution < 1.29 is 4.39 Å². The predicted octanol–water partition coefficient (Wildman–Crippen LogP) is 2.63. The molecule has 0 radical (unpaired) electrons. The number of fused-ring (bicyclic) bond motifs is 1. The molecule has 0 fully saturated rings. The first-order valence-electron chi connectivity index (χ1n) is 6.47. The smallest absolute Gasteiger partial charge is 0.147 e. The number of nitrogens with zero attached hydrogens (tertiary/aromatic N) is 2. The van der Waals surface area contributed by atoms with Gasteiger partial charge in [-0.15, -0.1) is 0 Å². The summed E-state index contributed by atoms with van der Waals surface area (Å²) in [6, 6.07) is 4.63. The van der Waals surface area contributed by atoms with Gasteiger partial charge in [-0.1, -0.05) is 17.7 Å². The lowest BCUT2D eigenvalue weighted by molar-refractivity contribution is 0.612. The first-order valence-corrected chi connectivity index (χ1v) is 6.85. The van der Waals surface area contributed by atoms with Gasteiger partial charge >= 0.3 is 0 Å². The molecule has 0 amide bonds. The molecule has 1 aliphatic carbocycles. The van der Waals surface area contributed by atoms with Gasteiger partial charge in [-0.2, -0.15) is 0 Å². The molecule has 6 heteroatoms. The minimum atomic E-state index is -0.344. The topological polar surface area (TPSA) is 63.8 Å². The number of benzene rings is 1. The van der Waals surface area contributed by atoms with E-state index in [1.54, 1.807) is 12.1 Å². The molecule has 0 spiro atoms. The highest BCUT2D eigenvalue weighted by atomic mass is 35.5. The van der Waals surface area contributed by atoms with E-state index in [0.717, 1.165) is 30.5 Å². The molecule has 0 bridgehead atoms. The maximum atomic E-state index is 13.8. The molecule has 1 aliphatic rings. The molecule has 0 atom stereocenters. The lowest BCUT2D eigenvalue weighted by Gasteiger charge is -2.10. The van der Waals surface area contributed by atoms with Crippen molar-refractivity contribution in [2.75, 3.05) is 5.43 Å². The minimum Gasteiger partial charge on any atom is -0.308 e. The monoisotopic (exact) mass is 292 g/mol. The fraction of sp³-hybridized carbons (Fsp3) is 0.286. The van der Waals surface area contributed by atoms with Crippen LogP contribution in [-0.4, -0.2) is 9.97 Å². The van der Waals surface area contributed by atoms with Crippen molar-refractivity contribution in [3.8, 4) is 0 Å². The minimum absolute atomic E-state index is 0.257. The van der Waals surface area contributed by atoms with Crippen LogP contribution < -0.4 is 11.3 Å². The molecule has 4 nitrogen and oxygen atoms in total. The van der Waals surface area contributed by atoms with Crippen molar-refractivity contribution in [3.05, 3.63) is 51.7 Å². The summed E-state index contributed by atoms with van der Waals surface area (Å²) in [4.78, 5) is 8.88. The highest BCUT2D eigenvalue weighted by Crippen LogP contribution is 2.27. The molecule has 3 N–H and O–H groups in total. The second-order valence-corrected chi connectivity index (χ2v) is 5.20. The van der Waals surface area contributed by atoms with E-state index in [1.807, 2.05) is 0 Å². The van der Waals surface area contributed by atoms with E-state index in [0.29, 0.717) is 22.2 Å². The molecule has 104 valence electrons. The van der Waals surface area contributed by atoms with Crippen LogP contribution in [0.4, 0.5) is 10.2 Å². The number of aryl methyl sites for hydroxylation is 1. The van der Waals surface area contributed by atoms with Gasteiger partial charge in [0, 0.05) is 28.3 Å². The number of nitrogens with two attached hydrogens (primary N) is 1. The van der Waals surface area contributed by atoms with Crippen molar-refractivity contribution in [1.29, 1.82) is 0 Å². The second-order valence-electron chi connectivity index (χ2n) is 4.79. The van der Waals surface area contributed by atoms with E-state index in [2.05, 4.69) is 15.4 Å². The van der Waals surface area contributed by atoms with Gasteiger partial charge in [-0.05, 0) is 31.4 Å². The highest BCUT2D eigenvalue weighted by molar-refractivity contribution is 6.31. The van der Waals surface area contributed by atoms with Crippen LogP contribution in [0.25, 0.3) is 0 Å². The summed E-state index contributed by atoms with van der Waals surface area (Å²) >= 11 is 6.03. The molecular weight excluding hydrogens is 279 g/mol. The number of anilines is 1. The number of hydrogen-bond donors (Lipinski definition) is 2. The quantitative estimate of drug-likeness (QED) is 0.674. The zero-order chi connectivity index (χ0) is 14.1. The van der Waals surface area contributed by atoms with Gasteiger partial charge in [0.2, 0.25) is 0 Å². The first-order chi connectivity index (χ1) is 9.69. The Kier molecular flexibility index (Phi) is 3.54. The van der Waals surface area contributed by atoms with Crippen molar-refractivity contribution in [2.45, 2.75) is 25.7 Å². The number of nitrogens with one attached hydrogen (secondary N) is 1. The van der Waals surface area contributed by atoms with Crippen LogP contribution in [0.1, 0.15) is 29.1 Å². The average Bonchev–Trinajstić information content (AvgIpc) is 2.90. The van der Waals surface area contributed by atoms with E-state index < -0.39 is 0 Å². The molecule has 0 saturated carbocycles. The van der Waals surface area contributed by atoms with Crippen LogP contribution in [0.5, 0.6) is 0 Å². The van der Waals surface area contributed by atoms with Gasteiger partial charge in [0.15, 0.2) is 0 Å². The molecule has 0 unspecified atom stereocenters. The number of rotatable bonds is 3. The molecule has 1 aromatic heterocycles. The lowest BCUT2D eigenvalue weighted by atomic mass is 10.1. The number of halogens is 2. The fourth-order valence-corrected chi connectivity index (χ4v) is 2.77. The summed E-state index contributed by atoms with van der Waals surface area (Å²) in [7, 11) is 0. The Morgan fingerprint density at radius 3 is 2.90 bits per heavy atom. The maximum absolute atomic E-state index is 13.8. The van der Waals surface area contributed by atoms with Gasteiger partial charge in [0.1, 0.15) is 17.5 Å². The van der Waals surface area contributed by atoms with Crippen LogP contribution >= 0.6 is 11.6 Å². The number of hydrazine groups is 1. The van der Waals surface area contributed by atoms with E-state index in [-0.39, 0.29) is 12.2 Å². The molecule has 20 heavy (non-hydrogen) atoms. The lowest BCUT2D eigenvalue weighted by Crippen LogP contribution is -2.14. The standard InChI is InChI=1S/C14H14ClFN4/c15-10-4-2-5-11(16)9(10)7-13-18-12-6-1-3-8(12)14(19-13)20-17/h2,4-5H,1,3,6-7,17H2,(H,18,19,20). The van der Waals surface area contributed by atoms with Crippen LogP contribution in [-0.2, 0) is 19.3 Å². The number of nitrogen functional groups attached to an aromatic ring is 1. The molecule has 2 aromatic rings. The molecule has 0 aliphatic heterocycles. The van der Waals surface area contributed by atoms with Crippen LogP contribution in [0.3, 0.4) is 0 Å². The van der Waals surface area contributed by atoms with Crippen LogP contribution in [0.15, 0.2) is 18.2 Å². The molecule has 3 rings (SSSR count). The fourth-order valence-electron chi connectivity index (χ4n) is 2.54. The average molecular weight is 293 g/mol. The Labute approximate surface area is 121 Å². The van der Waals surface area contributed by atoms with E-state index in [1.165, 1.54) is 6.07 Å². The van der Waals surface area contributed by atoms with Gasteiger partial charge in [-0.3, -0.25) is 0 Å². The predicted molar refractivity (Wildman–Crippen MR) is 76.1 cm³/mol. The zero-order valence-corrected chi connectivity index (χ0v) is 11.5. The van der Waals surface area contributed by atoms with Crippen LogP contribution in [0, 0.1) is 5.82 Å². The Balaban J connectivity index is 1.99. The number of hydrogen-bond acceptors (Lipinski definition) is 4. The zero-order valence-electron chi connectivity index (χ0n) is 10.8. The normalized spacial score (nSPS) is 13.3. The van der Waals surface area contributed by atoms with Crippen molar-refractivity contribution in [2.24, 2.45) is 5.84 Å². The van der Waals surface area contributed by atoms with Gasteiger partial charge in [-0.25, -0.2) is 20.2 Å². The molecule has 1 heterocycles. The SMILES string of the molecule is NNc1nc(Cc2c(F)cccc2Cl)nc2c1CCC2. The molecule has 1 aromatic carbocycles. The summed E-state index contributed by atoms with van der Waals surface area (Å²) < 4.78 is 13.8. The van der Waals surface area contributed by atoms with Gasteiger partial charge in [0.25, 0.3) is 0 Å². The third-order valence-electron chi connectivity index (χ3n) is 3.51. The summed E-state index contributed by atoms with van der Waals surface area (Å²) in [5, 5.41) is 0.386. The third kappa shape index (κ3) is 2.34. The summed E-state index contributed by atoms with van der Waals surface area (Å²) in [6.07, 6.45) is 3.14. The first kappa shape index (κ1) is 13.3. The Morgan fingerprint density at radius 1 is 1.30 bits per heavy atom. The van der Waals surface area contributed by atoms with E-state index in [9.17, 15) is 4.39 Å². The molecule has 0 saturated heterocycles. The summed E-state index contributed by atoms with van der Waals surface area (Å²) in [6.45, 7) is 0. The Morgan fingerprint density at radius 2 is 2.15 bits per heavy atom. The van der Waals surface area contributed by atoms with Gasteiger partial charge in [0.05, 0.1) is 0 Å². The number of aromatic nitrogens is 2. The largest absolute Gasteiger partial charge is 0.308 e. The summed E-state index contributed by atoms with van der Waals surface area (Å²) in [5.41, 5.74) is 5.08. The second kappa shape index (κ2) is 5.34. The molecular formula is C14H14ClFN4. The Bertz CT molecular complexity index is 640. The highest BCUT2D eigenvalue weighted by Gasteiger charge is 2.19. The maximum Gasteiger partial charge on any atom is 0.147 e. The van der Waals surface area contributed by atoms with Gasteiger partial charge < -0.3 is 5.43 Å².